The van der Waals surface area contributed by atoms with Crippen molar-refractivity contribution >= 4 is 22.7 Å². The van der Waals surface area contributed by atoms with Crippen LogP contribution in [0.4, 0.5) is 0 Å². The standard InChI is InChI=1S/C33H29N3O6/c1-40-27-19-24(12-13-26(27)41-20-22-8-3-2-4-9-22)30-29(31(37)28-18-23-10-5-6-11-25(23)42-28)32(38)33(39)36(30)16-7-15-35-17-14-34-21-35/h2-6,8-14,17-19,21,30,38H,7,15-16,20H2,1H3/t30-/m1/s1. The van der Waals surface area contributed by atoms with Crippen molar-refractivity contribution in [2.24, 2.45) is 0 Å². The van der Waals surface area contributed by atoms with E-state index in [9.17, 15) is 14.7 Å². The van der Waals surface area contributed by atoms with E-state index in [0.717, 1.165) is 10.9 Å². The van der Waals surface area contributed by atoms with Gasteiger partial charge in [-0.3, -0.25) is 9.59 Å². The molecule has 3 aromatic carbocycles. The molecule has 0 aliphatic carbocycles. The van der Waals surface area contributed by atoms with E-state index < -0.39 is 23.5 Å². The Morgan fingerprint density at radius 3 is 2.57 bits per heavy atom. The summed E-state index contributed by atoms with van der Waals surface area (Å²) in [4.78, 5) is 32.9. The summed E-state index contributed by atoms with van der Waals surface area (Å²) in [5, 5.41) is 11.8. The van der Waals surface area contributed by atoms with Crippen LogP contribution in [0.3, 0.4) is 0 Å². The van der Waals surface area contributed by atoms with Crippen molar-refractivity contribution in [3.63, 3.8) is 0 Å². The van der Waals surface area contributed by atoms with E-state index in [1.54, 1.807) is 42.9 Å². The van der Waals surface area contributed by atoms with Gasteiger partial charge in [-0.05, 0) is 41.8 Å². The molecule has 212 valence electrons. The molecule has 6 rings (SSSR count). The highest BCUT2D eigenvalue weighted by atomic mass is 16.5. The summed E-state index contributed by atoms with van der Waals surface area (Å²) in [6.07, 6.45) is 5.81. The number of ether oxygens (including phenoxy) is 2. The summed E-state index contributed by atoms with van der Waals surface area (Å²) in [5.74, 6) is -0.756. The van der Waals surface area contributed by atoms with Gasteiger partial charge in [0.05, 0.1) is 25.1 Å². The Labute approximate surface area is 242 Å². The monoisotopic (exact) mass is 563 g/mol. The summed E-state index contributed by atoms with van der Waals surface area (Å²) in [5.41, 5.74) is 2.10. The summed E-state index contributed by atoms with van der Waals surface area (Å²) < 4.78 is 19.4. The average molecular weight is 564 g/mol. The quantitative estimate of drug-likeness (QED) is 0.200. The third kappa shape index (κ3) is 5.24. The van der Waals surface area contributed by atoms with Gasteiger partial charge in [0.2, 0.25) is 5.78 Å². The zero-order chi connectivity index (χ0) is 29.1. The number of rotatable bonds is 11. The molecule has 1 amide bonds. The lowest BCUT2D eigenvalue weighted by Crippen LogP contribution is -2.32. The Morgan fingerprint density at radius 1 is 1.00 bits per heavy atom. The molecule has 42 heavy (non-hydrogen) atoms. The summed E-state index contributed by atoms with van der Waals surface area (Å²) in [6.45, 7) is 1.24. The van der Waals surface area contributed by atoms with E-state index in [2.05, 4.69) is 4.98 Å². The Hall–Kier alpha value is -5.31. The number of furan rings is 1. The van der Waals surface area contributed by atoms with Crippen LogP contribution in [0.25, 0.3) is 11.0 Å². The van der Waals surface area contributed by atoms with Crippen molar-refractivity contribution in [2.45, 2.75) is 25.6 Å². The number of aliphatic hydroxyl groups is 1. The highest BCUT2D eigenvalue weighted by Crippen LogP contribution is 2.42. The van der Waals surface area contributed by atoms with Gasteiger partial charge in [-0.15, -0.1) is 0 Å². The molecule has 9 heteroatoms. The normalized spacial score (nSPS) is 15.0. The number of ketones is 1. The van der Waals surface area contributed by atoms with Crippen molar-refractivity contribution in [2.75, 3.05) is 13.7 Å². The van der Waals surface area contributed by atoms with Gasteiger partial charge in [-0.1, -0.05) is 54.6 Å². The summed E-state index contributed by atoms with van der Waals surface area (Å²) in [7, 11) is 1.53. The molecular weight excluding hydrogens is 534 g/mol. The number of carbonyl (C=O) groups excluding carboxylic acids is 2. The number of carbonyl (C=O) groups is 2. The maximum absolute atomic E-state index is 13.9. The molecule has 0 saturated carbocycles. The van der Waals surface area contributed by atoms with Crippen molar-refractivity contribution < 1.29 is 28.6 Å². The first-order valence-corrected chi connectivity index (χ1v) is 13.6. The number of benzene rings is 3. The maximum atomic E-state index is 13.9. The fourth-order valence-corrected chi connectivity index (χ4v) is 5.24. The molecule has 0 radical (unpaired) electrons. The number of fused-ring (bicyclic) bond motifs is 1. The topological polar surface area (TPSA) is 107 Å². The van der Waals surface area contributed by atoms with Crippen LogP contribution < -0.4 is 9.47 Å². The number of nitrogens with zero attached hydrogens (tertiary/aromatic N) is 3. The van der Waals surface area contributed by atoms with Gasteiger partial charge in [0.25, 0.3) is 5.91 Å². The second-order valence-electron chi connectivity index (χ2n) is 9.98. The first-order valence-electron chi connectivity index (χ1n) is 13.6. The van der Waals surface area contributed by atoms with Crippen molar-refractivity contribution in [1.29, 1.82) is 0 Å². The van der Waals surface area contributed by atoms with E-state index in [0.29, 0.717) is 42.2 Å². The van der Waals surface area contributed by atoms with Crippen LogP contribution >= 0.6 is 0 Å². The van der Waals surface area contributed by atoms with Gasteiger partial charge in [0.15, 0.2) is 23.0 Å². The molecular formula is C33H29N3O6. The number of aliphatic hydroxyl groups excluding tert-OH is 1. The minimum atomic E-state index is -0.863. The van der Waals surface area contributed by atoms with Crippen LogP contribution in [-0.2, 0) is 17.9 Å². The smallest absolute Gasteiger partial charge is 0.290 e. The molecule has 1 aliphatic rings. The van der Waals surface area contributed by atoms with Crippen LogP contribution in [0.2, 0.25) is 0 Å². The number of methoxy groups -OCH3 is 1. The molecule has 0 unspecified atom stereocenters. The SMILES string of the molecule is COc1cc([C@@H]2C(C(=O)c3cc4ccccc4o3)=C(O)C(=O)N2CCCn2ccnc2)ccc1OCc1ccccc1. The molecule has 1 atom stereocenters. The molecule has 0 saturated heterocycles. The molecule has 0 fully saturated rings. The van der Waals surface area contributed by atoms with Crippen molar-refractivity contribution in [1.82, 2.24) is 14.5 Å². The molecule has 0 bridgehead atoms. The lowest BCUT2D eigenvalue weighted by molar-refractivity contribution is -0.129. The molecule has 9 nitrogen and oxygen atoms in total. The summed E-state index contributed by atoms with van der Waals surface area (Å²) in [6, 6.07) is 23.1. The zero-order valence-corrected chi connectivity index (χ0v) is 23.0. The molecule has 0 spiro atoms. The van der Waals surface area contributed by atoms with Crippen LogP contribution in [-0.4, -0.2) is 44.9 Å². The second kappa shape index (κ2) is 11.7. The predicted molar refractivity (Wildman–Crippen MR) is 155 cm³/mol. The Kier molecular flexibility index (Phi) is 7.47. The molecule has 5 aromatic rings. The summed E-state index contributed by atoms with van der Waals surface area (Å²) >= 11 is 0. The van der Waals surface area contributed by atoms with Crippen LogP contribution in [0.5, 0.6) is 11.5 Å². The van der Waals surface area contributed by atoms with Gasteiger partial charge in [-0.25, -0.2) is 4.98 Å². The fourth-order valence-electron chi connectivity index (χ4n) is 5.24. The Balaban J connectivity index is 1.34. The highest BCUT2D eigenvalue weighted by molar-refractivity contribution is 6.16. The number of hydrogen-bond acceptors (Lipinski definition) is 7. The molecule has 3 heterocycles. The van der Waals surface area contributed by atoms with Gasteiger partial charge < -0.3 is 28.5 Å². The molecule has 1 aliphatic heterocycles. The Bertz CT molecular complexity index is 1720. The minimum Gasteiger partial charge on any atom is -0.503 e. The van der Waals surface area contributed by atoms with E-state index in [4.69, 9.17) is 13.9 Å². The number of imidazole rings is 1. The maximum Gasteiger partial charge on any atom is 0.290 e. The number of amides is 1. The lowest BCUT2D eigenvalue weighted by atomic mass is 9.94. The number of hydrogen-bond donors (Lipinski definition) is 1. The van der Waals surface area contributed by atoms with Gasteiger partial charge in [-0.2, -0.15) is 0 Å². The van der Waals surface area contributed by atoms with Gasteiger partial charge in [0.1, 0.15) is 12.2 Å². The van der Waals surface area contributed by atoms with Crippen LogP contribution in [0.1, 0.15) is 34.1 Å². The molecule has 1 N–H and O–H groups in total. The average Bonchev–Trinajstić information content (AvgIpc) is 3.76. The lowest BCUT2D eigenvalue weighted by Gasteiger charge is -2.27. The minimum absolute atomic E-state index is 0.0401. The highest BCUT2D eigenvalue weighted by Gasteiger charge is 2.44. The van der Waals surface area contributed by atoms with Crippen molar-refractivity contribution in [3.05, 3.63) is 126 Å². The third-order valence-electron chi connectivity index (χ3n) is 7.31. The number of para-hydroxylation sites is 1. The Morgan fingerprint density at radius 2 is 1.81 bits per heavy atom. The van der Waals surface area contributed by atoms with E-state index in [1.165, 1.54) is 12.0 Å². The molecule has 2 aromatic heterocycles. The van der Waals surface area contributed by atoms with Gasteiger partial charge >= 0.3 is 0 Å². The van der Waals surface area contributed by atoms with Crippen LogP contribution in [0, 0.1) is 0 Å². The largest absolute Gasteiger partial charge is 0.503 e. The number of Topliss-reactive ketones (excluding diaryl/α,β-unsaturated/α-hetero) is 1. The second-order valence-corrected chi connectivity index (χ2v) is 9.98. The van der Waals surface area contributed by atoms with Crippen molar-refractivity contribution in [3.8, 4) is 11.5 Å². The predicted octanol–water partition coefficient (Wildman–Crippen LogP) is 5.89. The number of aromatic nitrogens is 2. The zero-order valence-electron chi connectivity index (χ0n) is 23.0. The number of aryl methyl sites for hydroxylation is 1. The van der Waals surface area contributed by atoms with Crippen LogP contribution in [0.15, 0.2) is 113 Å². The van der Waals surface area contributed by atoms with Gasteiger partial charge in [0, 0.05) is 30.9 Å². The first kappa shape index (κ1) is 26.9. The van der Waals surface area contributed by atoms with E-state index in [-0.39, 0.29) is 17.9 Å². The van der Waals surface area contributed by atoms with E-state index in [1.807, 2.05) is 59.3 Å². The fraction of sp³-hybridized carbons (Fsp3) is 0.182. The third-order valence-corrected chi connectivity index (χ3v) is 7.31. The van der Waals surface area contributed by atoms with E-state index >= 15 is 0 Å². The first-order chi connectivity index (χ1) is 20.5.